The lowest BCUT2D eigenvalue weighted by atomic mass is 9.78. The molecule has 112 valence electrons. The van der Waals surface area contributed by atoms with Gasteiger partial charge in [-0.1, -0.05) is 34.6 Å². The summed E-state index contributed by atoms with van der Waals surface area (Å²) in [7, 11) is 0. The van der Waals surface area contributed by atoms with Gasteiger partial charge < -0.3 is 10.0 Å². The van der Waals surface area contributed by atoms with E-state index in [9.17, 15) is 5.11 Å². The molecule has 1 N–H and O–H groups in total. The first-order valence-corrected chi connectivity index (χ1v) is 7.76. The van der Waals surface area contributed by atoms with Crippen molar-refractivity contribution in [2.75, 3.05) is 39.3 Å². The highest BCUT2D eigenvalue weighted by molar-refractivity contribution is 4.90. The predicted molar refractivity (Wildman–Crippen MR) is 80.2 cm³/mol. The van der Waals surface area contributed by atoms with Gasteiger partial charge in [0, 0.05) is 39.3 Å². The smallest absolute Gasteiger partial charge is 0.0793 e. The maximum absolute atomic E-state index is 9.35. The Kier molecular flexibility index (Phi) is 4.29. The van der Waals surface area contributed by atoms with Crippen molar-refractivity contribution in [3.8, 4) is 0 Å². The Hall–Kier alpha value is -0.120. The number of aliphatic hydroxyl groups is 1. The maximum Gasteiger partial charge on any atom is 0.0793 e. The van der Waals surface area contributed by atoms with Crippen LogP contribution in [0.5, 0.6) is 0 Å². The van der Waals surface area contributed by atoms with E-state index in [2.05, 4.69) is 44.4 Å². The fraction of sp³-hybridized carbons (Fsp3) is 1.00. The summed E-state index contributed by atoms with van der Waals surface area (Å²) in [6, 6.07) is 0. The third kappa shape index (κ3) is 4.73. The lowest BCUT2D eigenvalue weighted by molar-refractivity contribution is -0.0293. The normalized spacial score (nSPS) is 24.3. The molecular formula is C16H32N2O. The summed E-state index contributed by atoms with van der Waals surface area (Å²) < 4.78 is 0. The second-order valence-electron chi connectivity index (χ2n) is 8.84. The zero-order valence-electron chi connectivity index (χ0n) is 13.4. The highest BCUT2D eigenvalue weighted by atomic mass is 16.3. The molecule has 2 aliphatic heterocycles. The molecule has 0 aromatic rings. The van der Waals surface area contributed by atoms with Gasteiger partial charge in [0.05, 0.1) is 6.10 Å². The summed E-state index contributed by atoms with van der Waals surface area (Å²) in [6.45, 7) is 18.4. The fourth-order valence-corrected chi connectivity index (χ4v) is 3.73. The van der Waals surface area contributed by atoms with Gasteiger partial charge in [-0.2, -0.15) is 0 Å². The van der Waals surface area contributed by atoms with E-state index in [0.717, 1.165) is 25.6 Å². The number of nitrogens with zero attached hydrogens (tertiary/aromatic N) is 2. The average molecular weight is 268 g/mol. The third-order valence-corrected chi connectivity index (χ3v) is 4.16. The van der Waals surface area contributed by atoms with Crippen molar-refractivity contribution in [2.24, 2.45) is 16.7 Å². The van der Waals surface area contributed by atoms with Gasteiger partial charge in [-0.3, -0.25) is 4.90 Å². The van der Waals surface area contributed by atoms with E-state index in [4.69, 9.17) is 0 Å². The molecule has 0 radical (unpaired) electrons. The number of aliphatic hydroxyl groups excluding tert-OH is 1. The van der Waals surface area contributed by atoms with Gasteiger partial charge in [0.25, 0.3) is 0 Å². The Bertz CT molecular complexity index is 296. The first-order chi connectivity index (χ1) is 8.63. The molecule has 0 unspecified atom stereocenters. The summed E-state index contributed by atoms with van der Waals surface area (Å²) in [5, 5.41) is 9.35. The van der Waals surface area contributed by atoms with Gasteiger partial charge in [0.15, 0.2) is 0 Å². The first kappa shape index (κ1) is 15.3. The van der Waals surface area contributed by atoms with Crippen LogP contribution in [0.25, 0.3) is 0 Å². The van der Waals surface area contributed by atoms with Crippen LogP contribution >= 0.6 is 0 Å². The van der Waals surface area contributed by atoms with Crippen molar-refractivity contribution < 1.29 is 5.11 Å². The van der Waals surface area contributed by atoms with Crippen molar-refractivity contribution in [1.82, 2.24) is 9.80 Å². The van der Waals surface area contributed by atoms with Crippen LogP contribution < -0.4 is 0 Å². The van der Waals surface area contributed by atoms with E-state index in [1.807, 2.05) is 0 Å². The fourth-order valence-electron chi connectivity index (χ4n) is 3.73. The molecular weight excluding hydrogens is 236 g/mol. The van der Waals surface area contributed by atoms with Crippen molar-refractivity contribution in [3.05, 3.63) is 0 Å². The highest BCUT2D eigenvalue weighted by Gasteiger charge is 2.36. The van der Waals surface area contributed by atoms with Gasteiger partial charge in [-0.15, -0.1) is 0 Å². The minimum atomic E-state index is -0.0678. The molecule has 3 heteroatoms. The summed E-state index contributed by atoms with van der Waals surface area (Å²) in [4.78, 5) is 4.98. The van der Waals surface area contributed by atoms with E-state index < -0.39 is 0 Å². The number of hydrogen-bond acceptors (Lipinski definition) is 3. The minimum Gasteiger partial charge on any atom is -0.390 e. The molecule has 2 aliphatic rings. The van der Waals surface area contributed by atoms with Gasteiger partial charge in [-0.25, -0.2) is 0 Å². The van der Waals surface area contributed by atoms with E-state index in [1.54, 1.807) is 0 Å². The summed E-state index contributed by atoms with van der Waals surface area (Å²) in [6.07, 6.45) is 1.25. The Balaban J connectivity index is 1.65. The van der Waals surface area contributed by atoms with Crippen molar-refractivity contribution in [1.29, 1.82) is 0 Å². The van der Waals surface area contributed by atoms with E-state index in [0.29, 0.717) is 10.8 Å². The summed E-state index contributed by atoms with van der Waals surface area (Å²) in [5.74, 6) is 0.878. The molecule has 0 bridgehead atoms. The zero-order chi connectivity index (χ0) is 14.3. The Labute approximate surface area is 119 Å². The van der Waals surface area contributed by atoms with E-state index in [-0.39, 0.29) is 6.10 Å². The van der Waals surface area contributed by atoms with Gasteiger partial charge >= 0.3 is 0 Å². The highest BCUT2D eigenvalue weighted by Crippen LogP contribution is 2.33. The molecule has 0 aliphatic carbocycles. The Morgan fingerprint density at radius 1 is 0.895 bits per heavy atom. The van der Waals surface area contributed by atoms with Crippen molar-refractivity contribution >= 4 is 0 Å². The van der Waals surface area contributed by atoms with E-state index >= 15 is 0 Å². The molecule has 2 rings (SSSR count). The molecule has 0 aromatic carbocycles. The van der Waals surface area contributed by atoms with Crippen LogP contribution in [0.15, 0.2) is 0 Å². The quantitative estimate of drug-likeness (QED) is 0.827. The molecule has 19 heavy (non-hydrogen) atoms. The standard InChI is InChI=1S/C16H32N2O/c1-15(2,3)11-17-7-13(8-17)6-16(4,5)12-18-9-14(19)10-18/h13-14,19H,6-12H2,1-5H3. The van der Waals surface area contributed by atoms with Crippen LogP contribution in [0, 0.1) is 16.7 Å². The topological polar surface area (TPSA) is 26.7 Å². The first-order valence-electron chi connectivity index (χ1n) is 7.76. The number of likely N-dealkylation sites (tertiary alicyclic amines) is 2. The molecule has 0 aromatic heterocycles. The van der Waals surface area contributed by atoms with Crippen LogP contribution in [0.3, 0.4) is 0 Å². The summed E-state index contributed by atoms with van der Waals surface area (Å²) in [5.41, 5.74) is 0.812. The molecule has 2 fully saturated rings. The second-order valence-corrected chi connectivity index (χ2v) is 8.84. The zero-order valence-corrected chi connectivity index (χ0v) is 13.4. The SMILES string of the molecule is CC(C)(C)CN1CC(CC(C)(C)CN2CC(O)C2)C1. The van der Waals surface area contributed by atoms with Crippen LogP contribution in [-0.4, -0.2) is 60.3 Å². The van der Waals surface area contributed by atoms with Crippen LogP contribution in [0.2, 0.25) is 0 Å². The van der Waals surface area contributed by atoms with E-state index in [1.165, 1.54) is 26.1 Å². The number of β-amino-alcohol motifs (C(OH)–C–C–N with tert-alkyl or cyclic N) is 1. The van der Waals surface area contributed by atoms with Crippen LogP contribution in [0.1, 0.15) is 41.0 Å². The van der Waals surface area contributed by atoms with Crippen LogP contribution in [-0.2, 0) is 0 Å². The third-order valence-electron chi connectivity index (χ3n) is 4.16. The summed E-state index contributed by atoms with van der Waals surface area (Å²) >= 11 is 0. The maximum atomic E-state index is 9.35. The second kappa shape index (κ2) is 5.34. The molecule has 0 atom stereocenters. The van der Waals surface area contributed by atoms with Gasteiger partial charge in [0.2, 0.25) is 0 Å². The lowest BCUT2D eigenvalue weighted by Crippen LogP contribution is -2.55. The van der Waals surface area contributed by atoms with Gasteiger partial charge in [-0.05, 0) is 23.2 Å². The number of rotatable bonds is 5. The minimum absolute atomic E-state index is 0.0678. The Morgan fingerprint density at radius 3 is 1.89 bits per heavy atom. The largest absolute Gasteiger partial charge is 0.390 e. The molecule has 0 amide bonds. The molecule has 3 nitrogen and oxygen atoms in total. The van der Waals surface area contributed by atoms with Crippen molar-refractivity contribution in [2.45, 2.75) is 47.1 Å². The monoisotopic (exact) mass is 268 g/mol. The lowest BCUT2D eigenvalue weighted by Gasteiger charge is -2.47. The van der Waals surface area contributed by atoms with Crippen LogP contribution in [0.4, 0.5) is 0 Å². The predicted octanol–water partition coefficient (Wildman–Crippen LogP) is 2.06. The number of hydrogen-bond donors (Lipinski definition) is 1. The average Bonchev–Trinajstić information content (AvgIpc) is 2.09. The van der Waals surface area contributed by atoms with Gasteiger partial charge in [0.1, 0.15) is 0 Å². The Morgan fingerprint density at radius 2 is 1.42 bits per heavy atom. The molecule has 2 heterocycles. The molecule has 0 saturated carbocycles. The molecule has 2 saturated heterocycles. The van der Waals surface area contributed by atoms with Crippen molar-refractivity contribution in [3.63, 3.8) is 0 Å². The molecule has 0 spiro atoms.